The van der Waals surface area contributed by atoms with Crippen molar-refractivity contribution in [2.24, 2.45) is 0 Å². The highest BCUT2D eigenvalue weighted by Gasteiger charge is 2.32. The van der Waals surface area contributed by atoms with E-state index in [4.69, 9.17) is 23.2 Å². The maximum Gasteiger partial charge on any atom is 0.271 e. The molecule has 10 nitrogen and oxygen atoms in total. The highest BCUT2D eigenvalue weighted by molar-refractivity contribution is 7.92. The van der Waals surface area contributed by atoms with Gasteiger partial charge in [-0.15, -0.1) is 0 Å². The van der Waals surface area contributed by atoms with E-state index in [0.29, 0.717) is 16.1 Å². The number of amides is 2. The van der Waals surface area contributed by atoms with E-state index in [1.165, 1.54) is 17.0 Å². The number of rotatable bonds is 10. The van der Waals surface area contributed by atoms with Crippen LogP contribution in [0.3, 0.4) is 0 Å². The third kappa shape index (κ3) is 7.36. The molecule has 1 aliphatic carbocycles. The predicted molar refractivity (Wildman–Crippen MR) is 147 cm³/mol. The first-order chi connectivity index (χ1) is 17.8. The van der Waals surface area contributed by atoms with E-state index in [1.807, 2.05) is 0 Å². The van der Waals surface area contributed by atoms with Gasteiger partial charge < -0.3 is 10.2 Å². The second-order valence-electron chi connectivity index (χ2n) is 9.43. The van der Waals surface area contributed by atoms with Gasteiger partial charge in [-0.2, -0.15) is 0 Å². The number of benzene rings is 2. The summed E-state index contributed by atoms with van der Waals surface area (Å²) in [7, 11) is -4.04. The summed E-state index contributed by atoms with van der Waals surface area (Å²) in [5, 5.41) is 14.9. The number of nitro benzene ring substituents is 1. The van der Waals surface area contributed by atoms with Gasteiger partial charge in [0.15, 0.2) is 0 Å². The van der Waals surface area contributed by atoms with Crippen LogP contribution in [0.4, 0.5) is 11.4 Å². The van der Waals surface area contributed by atoms with Crippen LogP contribution in [-0.4, -0.2) is 54.9 Å². The molecule has 206 valence electrons. The number of non-ortho nitro benzene ring substituents is 1. The highest BCUT2D eigenvalue weighted by atomic mass is 35.5. The fourth-order valence-electron chi connectivity index (χ4n) is 4.38. The number of halogens is 2. The first-order valence-corrected chi connectivity index (χ1v) is 14.6. The largest absolute Gasteiger partial charge is 0.352 e. The van der Waals surface area contributed by atoms with Crippen LogP contribution in [-0.2, 0) is 26.2 Å². The lowest BCUT2D eigenvalue weighted by Gasteiger charge is -2.32. The average Bonchev–Trinajstić information content (AvgIpc) is 3.35. The molecule has 0 saturated heterocycles. The SMILES string of the molecule is Cc1ccc([N+](=O)[O-])cc1N(CC(=O)N(Cc1ccc(Cl)c(Cl)c1)[C@@H](C)C(=O)NC1CCCC1)S(C)(=O)=O. The van der Waals surface area contributed by atoms with Crippen molar-refractivity contribution in [1.82, 2.24) is 10.2 Å². The normalized spacial score (nSPS) is 14.7. The van der Waals surface area contributed by atoms with E-state index in [-0.39, 0.29) is 34.9 Å². The summed E-state index contributed by atoms with van der Waals surface area (Å²) >= 11 is 12.2. The standard InChI is InChI=1S/C25H30Cl2N4O6S/c1-16-8-10-20(31(34)35)13-23(16)30(38(3,36)37)15-24(32)29(14-18-9-11-21(26)22(27)12-18)17(2)25(33)28-19-6-4-5-7-19/h8-13,17,19H,4-7,14-15H2,1-3H3,(H,28,33)/t17-/m0/s1. The van der Waals surface area contributed by atoms with E-state index in [0.717, 1.165) is 42.3 Å². The summed E-state index contributed by atoms with van der Waals surface area (Å²) < 4.78 is 26.4. The molecule has 2 aromatic carbocycles. The molecule has 1 N–H and O–H groups in total. The summed E-state index contributed by atoms with van der Waals surface area (Å²) in [4.78, 5) is 38.8. The molecule has 13 heteroatoms. The van der Waals surface area contributed by atoms with Gasteiger partial charge in [-0.05, 0) is 49.9 Å². The third-order valence-corrected chi connectivity index (χ3v) is 8.42. The van der Waals surface area contributed by atoms with E-state index in [9.17, 15) is 28.1 Å². The first kappa shape index (κ1) is 29.7. The molecule has 1 fully saturated rings. The number of nitrogens with zero attached hydrogens (tertiary/aromatic N) is 3. The van der Waals surface area contributed by atoms with Gasteiger partial charge in [-0.25, -0.2) is 8.42 Å². The number of anilines is 1. The summed E-state index contributed by atoms with van der Waals surface area (Å²) in [6.45, 7) is 2.46. The Morgan fingerprint density at radius 1 is 1.13 bits per heavy atom. The summed E-state index contributed by atoms with van der Waals surface area (Å²) in [5.74, 6) is -1.02. The van der Waals surface area contributed by atoms with Crippen LogP contribution < -0.4 is 9.62 Å². The maximum atomic E-state index is 13.7. The molecule has 0 aliphatic heterocycles. The van der Waals surface area contributed by atoms with Crippen molar-refractivity contribution in [3.05, 3.63) is 67.7 Å². The van der Waals surface area contributed by atoms with Gasteiger partial charge in [-0.1, -0.05) is 48.2 Å². The minimum atomic E-state index is -4.04. The van der Waals surface area contributed by atoms with Crippen molar-refractivity contribution < 1.29 is 22.9 Å². The van der Waals surface area contributed by atoms with Crippen molar-refractivity contribution in [3.63, 3.8) is 0 Å². The third-order valence-electron chi connectivity index (χ3n) is 6.56. The van der Waals surface area contributed by atoms with Crippen molar-refractivity contribution in [1.29, 1.82) is 0 Å². The number of nitrogens with one attached hydrogen (secondary N) is 1. The van der Waals surface area contributed by atoms with E-state index in [1.54, 1.807) is 32.0 Å². The molecule has 0 bridgehead atoms. The zero-order valence-electron chi connectivity index (χ0n) is 21.3. The van der Waals surface area contributed by atoms with Crippen LogP contribution in [0.15, 0.2) is 36.4 Å². The van der Waals surface area contributed by atoms with Crippen molar-refractivity contribution in [3.8, 4) is 0 Å². The molecule has 38 heavy (non-hydrogen) atoms. The molecular formula is C25H30Cl2N4O6S. The quantitative estimate of drug-likeness (QED) is 0.324. The zero-order chi connectivity index (χ0) is 28.2. The molecule has 0 aromatic heterocycles. The molecule has 2 amide bonds. The lowest BCUT2D eigenvalue weighted by molar-refractivity contribution is -0.384. The fourth-order valence-corrected chi connectivity index (χ4v) is 5.60. The number of sulfonamides is 1. The Labute approximate surface area is 232 Å². The Bertz CT molecular complexity index is 1330. The molecule has 0 radical (unpaired) electrons. The monoisotopic (exact) mass is 584 g/mol. The van der Waals surface area contributed by atoms with Gasteiger partial charge in [-0.3, -0.25) is 24.0 Å². The molecule has 0 spiro atoms. The number of hydrogen-bond donors (Lipinski definition) is 1. The van der Waals surface area contributed by atoms with Crippen LogP contribution in [0.2, 0.25) is 10.0 Å². The number of aryl methyl sites for hydroxylation is 1. The number of nitro groups is 1. The average molecular weight is 586 g/mol. The zero-order valence-corrected chi connectivity index (χ0v) is 23.6. The number of carbonyl (C=O) groups is 2. The van der Waals surface area contributed by atoms with E-state index >= 15 is 0 Å². The Balaban J connectivity index is 1.96. The van der Waals surface area contributed by atoms with Crippen molar-refractivity contribution in [2.45, 2.75) is 58.2 Å². The first-order valence-electron chi connectivity index (χ1n) is 12.0. The molecule has 1 atom stereocenters. The molecule has 0 heterocycles. The van der Waals surface area contributed by atoms with Gasteiger partial charge >= 0.3 is 0 Å². The molecule has 1 saturated carbocycles. The Hall–Kier alpha value is -2.89. The van der Waals surface area contributed by atoms with Gasteiger partial charge in [0, 0.05) is 24.7 Å². The smallest absolute Gasteiger partial charge is 0.271 e. The molecule has 0 unspecified atom stereocenters. The number of carbonyl (C=O) groups excluding carboxylic acids is 2. The van der Waals surface area contributed by atoms with Crippen LogP contribution in [0.5, 0.6) is 0 Å². The number of hydrogen-bond acceptors (Lipinski definition) is 6. The molecular weight excluding hydrogens is 555 g/mol. The van der Waals surface area contributed by atoms with Crippen molar-refractivity contribution >= 4 is 56.4 Å². The van der Waals surface area contributed by atoms with Crippen LogP contribution in [0.25, 0.3) is 0 Å². The molecule has 1 aliphatic rings. The maximum absolute atomic E-state index is 13.7. The predicted octanol–water partition coefficient (Wildman–Crippen LogP) is 4.45. The van der Waals surface area contributed by atoms with Gasteiger partial charge in [0.2, 0.25) is 21.8 Å². The minimum Gasteiger partial charge on any atom is -0.352 e. The summed E-state index contributed by atoms with van der Waals surface area (Å²) in [6, 6.07) is 7.68. The van der Waals surface area contributed by atoms with Crippen LogP contribution in [0.1, 0.15) is 43.7 Å². The second-order valence-corrected chi connectivity index (χ2v) is 12.2. The Morgan fingerprint density at radius 3 is 2.37 bits per heavy atom. The van der Waals surface area contributed by atoms with E-state index < -0.39 is 33.4 Å². The van der Waals surface area contributed by atoms with E-state index in [2.05, 4.69) is 5.32 Å². The van der Waals surface area contributed by atoms with Crippen LogP contribution >= 0.6 is 23.2 Å². The van der Waals surface area contributed by atoms with Gasteiger partial charge in [0.05, 0.1) is 26.9 Å². The molecule has 3 rings (SSSR count). The summed E-state index contributed by atoms with van der Waals surface area (Å²) in [6.07, 6.45) is 4.65. The Morgan fingerprint density at radius 2 is 1.79 bits per heavy atom. The molecule has 2 aromatic rings. The lowest BCUT2D eigenvalue weighted by atomic mass is 10.1. The van der Waals surface area contributed by atoms with Crippen molar-refractivity contribution in [2.75, 3.05) is 17.1 Å². The fraction of sp³-hybridized carbons (Fsp3) is 0.440. The second kappa shape index (κ2) is 12.3. The Kier molecular flexibility index (Phi) is 9.61. The van der Waals surface area contributed by atoms with Gasteiger partial charge in [0.1, 0.15) is 12.6 Å². The van der Waals surface area contributed by atoms with Gasteiger partial charge in [0.25, 0.3) is 5.69 Å². The summed E-state index contributed by atoms with van der Waals surface area (Å²) in [5.41, 5.74) is 0.707. The topological polar surface area (TPSA) is 130 Å². The van der Waals surface area contributed by atoms with Crippen LogP contribution in [0, 0.1) is 17.0 Å². The highest BCUT2D eigenvalue weighted by Crippen LogP contribution is 2.28. The lowest BCUT2D eigenvalue weighted by Crippen LogP contribution is -2.52. The minimum absolute atomic E-state index is 0.00703.